The van der Waals surface area contributed by atoms with Crippen molar-refractivity contribution < 1.29 is 4.79 Å². The van der Waals surface area contributed by atoms with Crippen LogP contribution in [0.1, 0.15) is 27.6 Å². The largest absolute Gasteiger partial charge is 0.346 e. The van der Waals surface area contributed by atoms with Gasteiger partial charge in [0.05, 0.1) is 17.8 Å². The molecule has 0 aliphatic heterocycles. The van der Waals surface area contributed by atoms with Gasteiger partial charge < -0.3 is 5.32 Å². The minimum atomic E-state index is -0.196. The Balaban J connectivity index is 1.98. The first-order valence-electron chi connectivity index (χ1n) is 5.62. The van der Waals surface area contributed by atoms with Crippen LogP contribution in [0, 0.1) is 13.8 Å². The number of hydrogen-bond acceptors (Lipinski definition) is 4. The molecule has 2 rings (SSSR count). The quantitative estimate of drug-likeness (QED) is 0.866. The third-order valence-electron chi connectivity index (χ3n) is 2.64. The van der Waals surface area contributed by atoms with Gasteiger partial charge in [-0.25, -0.2) is 9.97 Å². The average molecular weight is 245 g/mol. The Hall–Kier alpha value is -2.24. The first kappa shape index (κ1) is 12.2. The van der Waals surface area contributed by atoms with E-state index in [1.165, 1.54) is 12.4 Å². The van der Waals surface area contributed by atoms with Crippen LogP contribution in [0.2, 0.25) is 0 Å². The lowest BCUT2D eigenvalue weighted by Gasteiger charge is -2.02. The highest BCUT2D eigenvalue weighted by Gasteiger charge is 2.07. The van der Waals surface area contributed by atoms with E-state index in [0.29, 0.717) is 17.9 Å². The second-order valence-electron chi connectivity index (χ2n) is 4.10. The van der Waals surface area contributed by atoms with E-state index in [1.54, 1.807) is 11.6 Å². The van der Waals surface area contributed by atoms with Crippen molar-refractivity contribution in [2.45, 2.75) is 20.4 Å². The molecule has 0 aliphatic rings. The SMILES string of the molecule is Cc1ncc(C(=O)NCc2cc(C)n(C)n2)cn1. The summed E-state index contributed by atoms with van der Waals surface area (Å²) in [5.41, 5.74) is 2.34. The van der Waals surface area contributed by atoms with Crippen LogP contribution in [0.4, 0.5) is 0 Å². The van der Waals surface area contributed by atoms with Crippen molar-refractivity contribution in [3.63, 3.8) is 0 Å². The molecular weight excluding hydrogens is 230 g/mol. The second kappa shape index (κ2) is 4.95. The zero-order valence-electron chi connectivity index (χ0n) is 10.6. The summed E-state index contributed by atoms with van der Waals surface area (Å²) in [7, 11) is 1.87. The molecule has 0 saturated carbocycles. The molecule has 2 heterocycles. The van der Waals surface area contributed by atoms with E-state index in [0.717, 1.165) is 11.4 Å². The zero-order chi connectivity index (χ0) is 13.1. The van der Waals surface area contributed by atoms with Crippen molar-refractivity contribution in [2.24, 2.45) is 7.05 Å². The fourth-order valence-electron chi connectivity index (χ4n) is 1.50. The number of carbonyl (C=O) groups excluding carboxylic acids is 1. The van der Waals surface area contributed by atoms with Gasteiger partial charge in [-0.2, -0.15) is 5.10 Å². The third kappa shape index (κ3) is 2.71. The number of rotatable bonds is 3. The summed E-state index contributed by atoms with van der Waals surface area (Å²) in [6.45, 7) is 4.14. The Morgan fingerprint density at radius 2 is 2.00 bits per heavy atom. The van der Waals surface area contributed by atoms with Crippen LogP contribution in [0.25, 0.3) is 0 Å². The summed E-state index contributed by atoms with van der Waals surface area (Å²) in [6, 6.07) is 1.94. The molecule has 0 radical (unpaired) electrons. The molecule has 2 aromatic rings. The van der Waals surface area contributed by atoms with Gasteiger partial charge in [0, 0.05) is 25.1 Å². The maximum absolute atomic E-state index is 11.8. The summed E-state index contributed by atoms with van der Waals surface area (Å²) >= 11 is 0. The van der Waals surface area contributed by atoms with Crippen LogP contribution in [-0.2, 0) is 13.6 Å². The molecule has 1 amide bonds. The van der Waals surface area contributed by atoms with Gasteiger partial charge in [-0.15, -0.1) is 0 Å². The Morgan fingerprint density at radius 3 is 2.56 bits per heavy atom. The van der Waals surface area contributed by atoms with E-state index in [4.69, 9.17) is 0 Å². The molecule has 1 N–H and O–H groups in total. The van der Waals surface area contributed by atoms with Crippen LogP contribution >= 0.6 is 0 Å². The fraction of sp³-hybridized carbons (Fsp3) is 0.333. The molecule has 0 saturated heterocycles. The molecule has 0 atom stereocenters. The standard InChI is InChI=1S/C12H15N5O/c1-8-4-11(16-17(8)3)7-15-12(18)10-5-13-9(2)14-6-10/h4-6H,7H2,1-3H3,(H,15,18). The van der Waals surface area contributed by atoms with E-state index >= 15 is 0 Å². The fourth-order valence-corrected chi connectivity index (χ4v) is 1.50. The molecule has 6 nitrogen and oxygen atoms in total. The van der Waals surface area contributed by atoms with Gasteiger partial charge in [0.15, 0.2) is 0 Å². The van der Waals surface area contributed by atoms with Crippen LogP contribution in [0.3, 0.4) is 0 Å². The summed E-state index contributed by atoms with van der Waals surface area (Å²) in [5, 5.41) is 7.04. The highest BCUT2D eigenvalue weighted by Crippen LogP contribution is 2.01. The monoisotopic (exact) mass is 245 g/mol. The van der Waals surface area contributed by atoms with Crippen molar-refractivity contribution in [1.82, 2.24) is 25.1 Å². The lowest BCUT2D eigenvalue weighted by atomic mass is 10.3. The van der Waals surface area contributed by atoms with Crippen LogP contribution in [0.15, 0.2) is 18.5 Å². The smallest absolute Gasteiger partial charge is 0.254 e. The molecule has 94 valence electrons. The number of nitrogens with zero attached hydrogens (tertiary/aromatic N) is 4. The highest BCUT2D eigenvalue weighted by molar-refractivity contribution is 5.93. The number of aromatic nitrogens is 4. The molecule has 18 heavy (non-hydrogen) atoms. The normalized spacial score (nSPS) is 10.4. The van der Waals surface area contributed by atoms with Gasteiger partial charge >= 0.3 is 0 Å². The summed E-state index contributed by atoms with van der Waals surface area (Å²) < 4.78 is 1.77. The molecule has 0 aliphatic carbocycles. The predicted octanol–water partition coefficient (Wildman–Crippen LogP) is 0.757. The second-order valence-corrected chi connectivity index (χ2v) is 4.10. The topological polar surface area (TPSA) is 72.7 Å². The van der Waals surface area contributed by atoms with Gasteiger partial charge in [0.25, 0.3) is 5.91 Å². The van der Waals surface area contributed by atoms with Crippen molar-refractivity contribution in [3.8, 4) is 0 Å². The third-order valence-corrected chi connectivity index (χ3v) is 2.64. The van der Waals surface area contributed by atoms with Crippen molar-refractivity contribution in [1.29, 1.82) is 0 Å². The highest BCUT2D eigenvalue weighted by atomic mass is 16.1. The van der Waals surface area contributed by atoms with Gasteiger partial charge in [-0.1, -0.05) is 0 Å². The van der Waals surface area contributed by atoms with E-state index in [9.17, 15) is 4.79 Å². The minimum Gasteiger partial charge on any atom is -0.346 e. The van der Waals surface area contributed by atoms with E-state index in [2.05, 4.69) is 20.4 Å². The van der Waals surface area contributed by atoms with Crippen molar-refractivity contribution in [3.05, 3.63) is 41.2 Å². The Bertz CT molecular complexity index is 539. The molecule has 0 spiro atoms. The van der Waals surface area contributed by atoms with Gasteiger partial charge in [0.2, 0.25) is 0 Å². The summed E-state index contributed by atoms with van der Waals surface area (Å²) in [5.74, 6) is 0.449. The Labute approximate surface area is 105 Å². The Kier molecular flexibility index (Phi) is 3.36. The van der Waals surface area contributed by atoms with Gasteiger partial charge in [-0.3, -0.25) is 9.48 Å². The Morgan fingerprint density at radius 1 is 1.33 bits per heavy atom. The molecule has 0 bridgehead atoms. The van der Waals surface area contributed by atoms with Crippen molar-refractivity contribution >= 4 is 5.91 Å². The number of hydrogen-bond donors (Lipinski definition) is 1. The average Bonchev–Trinajstić information content (AvgIpc) is 2.67. The molecule has 2 aromatic heterocycles. The first-order chi connectivity index (χ1) is 8.56. The van der Waals surface area contributed by atoms with E-state index in [-0.39, 0.29) is 5.91 Å². The lowest BCUT2D eigenvalue weighted by Crippen LogP contribution is -2.23. The molecule has 6 heteroatoms. The predicted molar refractivity (Wildman–Crippen MR) is 65.9 cm³/mol. The van der Waals surface area contributed by atoms with E-state index in [1.807, 2.05) is 20.0 Å². The molecule has 0 unspecified atom stereocenters. The maximum atomic E-state index is 11.8. The molecular formula is C12H15N5O. The van der Waals surface area contributed by atoms with Gasteiger partial charge in [-0.05, 0) is 19.9 Å². The zero-order valence-corrected chi connectivity index (χ0v) is 10.6. The van der Waals surface area contributed by atoms with Crippen molar-refractivity contribution in [2.75, 3.05) is 0 Å². The number of carbonyl (C=O) groups is 1. The minimum absolute atomic E-state index is 0.196. The molecule has 0 aromatic carbocycles. The summed E-state index contributed by atoms with van der Waals surface area (Å²) in [4.78, 5) is 19.8. The number of aryl methyl sites for hydroxylation is 3. The van der Waals surface area contributed by atoms with Crippen LogP contribution in [-0.4, -0.2) is 25.7 Å². The molecule has 0 fully saturated rings. The number of nitrogens with one attached hydrogen (secondary N) is 1. The first-order valence-corrected chi connectivity index (χ1v) is 5.62. The summed E-state index contributed by atoms with van der Waals surface area (Å²) in [6.07, 6.45) is 3.03. The van der Waals surface area contributed by atoms with Crippen LogP contribution < -0.4 is 5.32 Å². The van der Waals surface area contributed by atoms with Gasteiger partial charge in [0.1, 0.15) is 5.82 Å². The maximum Gasteiger partial charge on any atom is 0.254 e. The van der Waals surface area contributed by atoms with E-state index < -0.39 is 0 Å². The number of amides is 1. The lowest BCUT2D eigenvalue weighted by molar-refractivity contribution is 0.0949. The van der Waals surface area contributed by atoms with Crippen LogP contribution in [0.5, 0.6) is 0 Å².